The van der Waals surface area contributed by atoms with Gasteiger partial charge in [0.15, 0.2) is 0 Å². The van der Waals surface area contributed by atoms with Crippen LogP contribution in [0.3, 0.4) is 0 Å². The number of ether oxygens (including phenoxy) is 2. The van der Waals surface area contributed by atoms with Gasteiger partial charge in [-0.2, -0.15) is 0 Å². The zero-order valence-corrected chi connectivity index (χ0v) is 24.9. The Kier molecular flexibility index (Phi) is 11.5. The van der Waals surface area contributed by atoms with Crippen LogP contribution in [0.1, 0.15) is 36.1 Å². The molecule has 0 atom stereocenters. The van der Waals surface area contributed by atoms with E-state index >= 15 is 0 Å². The van der Waals surface area contributed by atoms with E-state index in [1.807, 2.05) is 74.5 Å². The summed E-state index contributed by atoms with van der Waals surface area (Å²) in [7, 11) is -2.93. The van der Waals surface area contributed by atoms with E-state index in [0.717, 1.165) is 32.9 Å². The minimum atomic E-state index is -2.93. The Bertz CT molecular complexity index is 1170. The standard InChI is InChI=1S/C28H31O3PS4/c1-4-30-27(33)35-19-22-16-21(3)26(23(17-22)20-36-28(34)31-5-2)18-32(29,24-12-8-6-9-13-24)25-14-10-7-11-15-25/h6-17H,4-5,18-20H2,1-3H3. The molecule has 0 fully saturated rings. The number of benzene rings is 3. The first-order valence-corrected chi connectivity index (χ1v) is 16.5. The molecule has 0 radical (unpaired) electrons. The summed E-state index contributed by atoms with van der Waals surface area (Å²) in [4.78, 5) is 0. The molecule has 8 heteroatoms. The topological polar surface area (TPSA) is 35.5 Å². The molecule has 3 nitrogen and oxygen atoms in total. The van der Waals surface area contributed by atoms with Gasteiger partial charge in [0.05, 0.1) is 13.2 Å². The molecule has 3 aromatic rings. The minimum Gasteiger partial charge on any atom is -0.479 e. The lowest BCUT2D eigenvalue weighted by Gasteiger charge is -2.23. The Hall–Kier alpha value is -1.63. The zero-order chi connectivity index (χ0) is 26.0. The van der Waals surface area contributed by atoms with E-state index in [9.17, 15) is 4.57 Å². The molecule has 0 N–H and O–H groups in total. The maximum absolute atomic E-state index is 14.8. The van der Waals surface area contributed by atoms with Crippen LogP contribution in [0.2, 0.25) is 0 Å². The van der Waals surface area contributed by atoms with Gasteiger partial charge < -0.3 is 14.0 Å². The Morgan fingerprint density at radius 3 is 1.81 bits per heavy atom. The summed E-state index contributed by atoms with van der Waals surface area (Å²) < 4.78 is 26.8. The van der Waals surface area contributed by atoms with E-state index in [1.165, 1.54) is 23.5 Å². The lowest BCUT2D eigenvalue weighted by Crippen LogP contribution is -2.18. The van der Waals surface area contributed by atoms with Gasteiger partial charge in [-0.05, 0) is 67.5 Å². The second-order valence-corrected chi connectivity index (χ2v) is 14.0. The molecule has 0 aliphatic rings. The quantitative estimate of drug-likeness (QED) is 0.182. The molecule has 0 aromatic heterocycles. The molecule has 36 heavy (non-hydrogen) atoms. The van der Waals surface area contributed by atoms with Crippen LogP contribution in [0.15, 0.2) is 72.8 Å². The summed E-state index contributed by atoms with van der Waals surface area (Å²) in [6.45, 7) is 7.06. The summed E-state index contributed by atoms with van der Waals surface area (Å²) in [5, 5.41) is 1.72. The van der Waals surface area contributed by atoms with Crippen molar-refractivity contribution in [2.45, 2.75) is 38.4 Å². The van der Waals surface area contributed by atoms with Crippen molar-refractivity contribution >= 4 is 74.5 Å². The van der Waals surface area contributed by atoms with Gasteiger partial charge >= 0.3 is 0 Å². The Morgan fingerprint density at radius 1 is 0.806 bits per heavy atom. The monoisotopic (exact) mass is 574 g/mol. The molecule has 0 spiro atoms. The maximum atomic E-state index is 14.8. The summed E-state index contributed by atoms with van der Waals surface area (Å²) >= 11 is 13.7. The van der Waals surface area contributed by atoms with Crippen molar-refractivity contribution in [3.05, 3.63) is 95.1 Å². The predicted octanol–water partition coefficient (Wildman–Crippen LogP) is 7.62. The van der Waals surface area contributed by atoms with E-state index in [4.69, 9.17) is 33.9 Å². The molecule has 190 valence electrons. The molecule has 3 rings (SSSR count). The van der Waals surface area contributed by atoms with Crippen LogP contribution >= 0.6 is 55.1 Å². The Morgan fingerprint density at radius 2 is 1.31 bits per heavy atom. The number of aryl methyl sites for hydroxylation is 1. The third-order valence-electron chi connectivity index (χ3n) is 5.58. The third-order valence-corrected chi connectivity index (χ3v) is 11.2. The van der Waals surface area contributed by atoms with Gasteiger partial charge in [0.25, 0.3) is 0 Å². The molecule has 0 bridgehead atoms. The molecule has 0 saturated heterocycles. The first-order valence-electron chi connectivity index (χ1n) is 11.8. The van der Waals surface area contributed by atoms with Crippen LogP contribution < -0.4 is 10.6 Å². The SMILES string of the molecule is CCOC(=S)SCc1cc(C)c(CP(=O)(c2ccccc2)c2ccccc2)c(CSC(=S)OCC)c1. The van der Waals surface area contributed by atoms with Gasteiger partial charge in [-0.1, -0.05) is 96.3 Å². The van der Waals surface area contributed by atoms with Crippen LogP contribution in [0.4, 0.5) is 0 Å². The fourth-order valence-electron chi connectivity index (χ4n) is 3.90. The van der Waals surface area contributed by atoms with E-state index in [1.54, 1.807) is 0 Å². The average molecular weight is 575 g/mol. The second kappa shape index (κ2) is 14.3. The largest absolute Gasteiger partial charge is 0.479 e. The van der Waals surface area contributed by atoms with Crippen LogP contribution in [0, 0.1) is 6.92 Å². The van der Waals surface area contributed by atoms with Crippen molar-refractivity contribution in [3.63, 3.8) is 0 Å². The van der Waals surface area contributed by atoms with Crippen LogP contribution in [-0.2, 0) is 31.7 Å². The number of thiocarbonyl (C=S) groups is 2. The van der Waals surface area contributed by atoms with Crippen LogP contribution in [0.25, 0.3) is 0 Å². The second-order valence-electron chi connectivity index (χ2n) is 8.06. The first kappa shape index (κ1) is 28.9. The predicted molar refractivity (Wildman–Crippen MR) is 166 cm³/mol. The molecule has 0 heterocycles. The highest BCUT2D eigenvalue weighted by atomic mass is 32.2. The summed E-state index contributed by atoms with van der Waals surface area (Å²) in [6.07, 6.45) is 0.439. The highest BCUT2D eigenvalue weighted by Gasteiger charge is 2.29. The van der Waals surface area contributed by atoms with Crippen molar-refractivity contribution in [3.8, 4) is 0 Å². The molecule has 0 amide bonds. The van der Waals surface area contributed by atoms with Gasteiger partial charge in [-0.25, -0.2) is 0 Å². The van der Waals surface area contributed by atoms with Crippen molar-refractivity contribution in [1.29, 1.82) is 0 Å². The Balaban J connectivity index is 2.02. The number of hydrogen-bond donors (Lipinski definition) is 0. The maximum Gasteiger partial charge on any atom is 0.220 e. The minimum absolute atomic E-state index is 0.439. The number of thioether (sulfide) groups is 2. The molecule has 0 saturated carbocycles. The van der Waals surface area contributed by atoms with E-state index in [0.29, 0.717) is 39.6 Å². The van der Waals surface area contributed by atoms with Gasteiger partial charge in [-0.15, -0.1) is 0 Å². The third kappa shape index (κ3) is 7.93. The molecule has 0 unspecified atom stereocenters. The van der Waals surface area contributed by atoms with E-state index < -0.39 is 7.14 Å². The molecule has 3 aromatic carbocycles. The highest BCUT2D eigenvalue weighted by Crippen LogP contribution is 2.48. The van der Waals surface area contributed by atoms with Crippen LogP contribution in [0.5, 0.6) is 0 Å². The molecular weight excluding hydrogens is 544 g/mol. The van der Waals surface area contributed by atoms with Crippen molar-refractivity contribution in [1.82, 2.24) is 0 Å². The lowest BCUT2D eigenvalue weighted by atomic mass is 10.0. The van der Waals surface area contributed by atoms with E-state index in [-0.39, 0.29) is 0 Å². The molecule has 0 aliphatic carbocycles. The smallest absolute Gasteiger partial charge is 0.220 e. The zero-order valence-electron chi connectivity index (χ0n) is 20.8. The van der Waals surface area contributed by atoms with Gasteiger partial charge in [-0.3, -0.25) is 0 Å². The Labute approximate surface area is 234 Å². The van der Waals surface area contributed by atoms with Gasteiger partial charge in [0, 0.05) is 28.3 Å². The fraction of sp³-hybridized carbons (Fsp3) is 0.286. The summed E-state index contributed by atoms with van der Waals surface area (Å²) in [5.74, 6) is 1.36. The fourth-order valence-corrected chi connectivity index (χ4v) is 8.74. The van der Waals surface area contributed by atoms with Crippen LogP contribution in [-0.4, -0.2) is 22.0 Å². The number of rotatable bonds is 10. The van der Waals surface area contributed by atoms with Gasteiger partial charge in [0.2, 0.25) is 8.77 Å². The summed E-state index contributed by atoms with van der Waals surface area (Å²) in [6, 6.07) is 24.0. The number of hydrogen-bond acceptors (Lipinski definition) is 7. The average Bonchev–Trinajstić information content (AvgIpc) is 2.89. The van der Waals surface area contributed by atoms with E-state index in [2.05, 4.69) is 19.1 Å². The lowest BCUT2D eigenvalue weighted by molar-refractivity contribution is 0.346. The highest BCUT2D eigenvalue weighted by molar-refractivity contribution is 8.22. The van der Waals surface area contributed by atoms with Crippen molar-refractivity contribution < 1.29 is 14.0 Å². The van der Waals surface area contributed by atoms with Crippen molar-refractivity contribution in [2.24, 2.45) is 0 Å². The van der Waals surface area contributed by atoms with Crippen molar-refractivity contribution in [2.75, 3.05) is 13.2 Å². The summed E-state index contributed by atoms with van der Waals surface area (Å²) in [5.41, 5.74) is 4.47. The first-order chi connectivity index (χ1) is 17.4. The molecular formula is C28H31O3PS4. The van der Waals surface area contributed by atoms with Gasteiger partial charge in [0.1, 0.15) is 7.14 Å². The normalized spacial score (nSPS) is 11.2. The molecule has 0 aliphatic heterocycles.